The standard InChI is InChI=1S/C15H14N6.C8H12N2O3/c16-13-19-14(17-11-7-3-1-4-8-11)21-15(20-13)18-12-9-5-2-6-10-12;1-3-8(4-2)5(11)9-7(13)10-6(8)12/h1-10H,(H4,16,17,18,19,20,21);3-4H2,1-2H3,(H2,9,10,11,12,13). The number of carbonyl (C=O) groups excluding carboxylic acids is 3. The number of nitrogens with one attached hydrogen (secondary N) is 4. The molecule has 176 valence electrons. The number of para-hydroxylation sites is 2. The fourth-order valence-corrected chi connectivity index (χ4v) is 3.28. The number of nitrogens with two attached hydrogens (primary N) is 1. The molecule has 2 heterocycles. The van der Waals surface area contributed by atoms with Gasteiger partial charge in [0.15, 0.2) is 0 Å². The van der Waals surface area contributed by atoms with Gasteiger partial charge in [0.1, 0.15) is 5.41 Å². The summed E-state index contributed by atoms with van der Waals surface area (Å²) < 4.78 is 0. The number of hydrogen-bond donors (Lipinski definition) is 5. The van der Waals surface area contributed by atoms with E-state index in [1.165, 1.54) is 0 Å². The summed E-state index contributed by atoms with van der Waals surface area (Å²) in [4.78, 5) is 46.0. The van der Waals surface area contributed by atoms with Crippen LogP contribution in [0.5, 0.6) is 0 Å². The molecule has 4 amide bonds. The molecule has 11 heteroatoms. The average Bonchev–Trinajstić information content (AvgIpc) is 2.81. The van der Waals surface area contributed by atoms with Crippen LogP contribution in [0, 0.1) is 5.41 Å². The quantitative estimate of drug-likeness (QED) is 0.346. The molecular formula is C23H26N8O3. The van der Waals surface area contributed by atoms with Gasteiger partial charge in [-0.05, 0) is 37.1 Å². The normalized spacial score (nSPS) is 14.2. The molecule has 3 aromatic rings. The summed E-state index contributed by atoms with van der Waals surface area (Å²) >= 11 is 0. The maximum absolute atomic E-state index is 11.4. The fraction of sp³-hybridized carbons (Fsp3) is 0.217. The van der Waals surface area contributed by atoms with Crippen molar-refractivity contribution in [1.29, 1.82) is 0 Å². The minimum absolute atomic E-state index is 0.155. The van der Waals surface area contributed by atoms with E-state index in [0.717, 1.165) is 11.4 Å². The number of aromatic nitrogens is 3. The van der Waals surface area contributed by atoms with E-state index in [4.69, 9.17) is 5.73 Å². The summed E-state index contributed by atoms with van der Waals surface area (Å²) in [5.74, 6) is -0.0429. The SMILES string of the molecule is CCC1(CC)C(=O)NC(=O)NC1=O.Nc1nc(Nc2ccccc2)nc(Nc2ccccc2)n1. The van der Waals surface area contributed by atoms with Crippen molar-refractivity contribution in [1.82, 2.24) is 25.6 Å². The third-order valence-electron chi connectivity index (χ3n) is 5.24. The van der Waals surface area contributed by atoms with Crippen LogP contribution in [0.2, 0.25) is 0 Å². The number of nitrogen functional groups attached to an aromatic ring is 1. The molecular weight excluding hydrogens is 436 g/mol. The van der Waals surface area contributed by atoms with Crippen molar-refractivity contribution < 1.29 is 14.4 Å². The lowest BCUT2D eigenvalue weighted by atomic mass is 9.79. The highest BCUT2D eigenvalue weighted by Crippen LogP contribution is 2.28. The van der Waals surface area contributed by atoms with Crippen LogP contribution in [0.25, 0.3) is 0 Å². The number of urea groups is 1. The second-order valence-electron chi connectivity index (χ2n) is 7.35. The van der Waals surface area contributed by atoms with Crippen LogP contribution in [0.4, 0.5) is 34.0 Å². The Balaban J connectivity index is 0.000000215. The molecule has 6 N–H and O–H groups in total. The number of imide groups is 2. The Kier molecular flexibility index (Phi) is 7.70. The largest absolute Gasteiger partial charge is 0.368 e. The van der Waals surface area contributed by atoms with Crippen LogP contribution in [0.1, 0.15) is 26.7 Å². The predicted molar refractivity (Wildman–Crippen MR) is 128 cm³/mol. The van der Waals surface area contributed by atoms with Gasteiger partial charge < -0.3 is 16.4 Å². The molecule has 0 radical (unpaired) electrons. The van der Waals surface area contributed by atoms with E-state index in [2.05, 4.69) is 36.2 Å². The molecule has 1 saturated heterocycles. The lowest BCUT2D eigenvalue weighted by Gasteiger charge is -2.31. The van der Waals surface area contributed by atoms with Crippen molar-refractivity contribution in [2.75, 3.05) is 16.4 Å². The summed E-state index contributed by atoms with van der Waals surface area (Å²) in [6, 6.07) is 18.5. The Morgan fingerprint density at radius 3 is 1.53 bits per heavy atom. The van der Waals surface area contributed by atoms with Gasteiger partial charge in [-0.1, -0.05) is 50.2 Å². The zero-order valence-corrected chi connectivity index (χ0v) is 18.8. The molecule has 0 aliphatic carbocycles. The van der Waals surface area contributed by atoms with E-state index in [-0.39, 0.29) is 5.95 Å². The van der Waals surface area contributed by atoms with Crippen LogP contribution in [-0.2, 0) is 9.59 Å². The molecule has 0 bridgehead atoms. The zero-order chi connectivity index (χ0) is 24.6. The third kappa shape index (κ3) is 5.82. The molecule has 2 aromatic carbocycles. The van der Waals surface area contributed by atoms with Gasteiger partial charge in [-0.25, -0.2) is 4.79 Å². The van der Waals surface area contributed by atoms with E-state index < -0.39 is 23.3 Å². The number of nitrogens with zero attached hydrogens (tertiary/aromatic N) is 3. The lowest BCUT2D eigenvalue weighted by Crippen LogP contribution is -2.61. The second-order valence-corrected chi connectivity index (χ2v) is 7.35. The molecule has 0 saturated carbocycles. The third-order valence-corrected chi connectivity index (χ3v) is 5.24. The second kappa shape index (κ2) is 10.9. The van der Waals surface area contributed by atoms with Crippen molar-refractivity contribution in [3.05, 3.63) is 60.7 Å². The number of anilines is 5. The van der Waals surface area contributed by atoms with E-state index >= 15 is 0 Å². The van der Waals surface area contributed by atoms with Gasteiger partial charge in [0.05, 0.1) is 0 Å². The van der Waals surface area contributed by atoms with Gasteiger partial charge in [-0.3, -0.25) is 20.2 Å². The van der Waals surface area contributed by atoms with Crippen molar-refractivity contribution >= 4 is 47.1 Å². The Morgan fingerprint density at radius 1 is 0.735 bits per heavy atom. The average molecular weight is 463 g/mol. The maximum atomic E-state index is 11.4. The molecule has 1 fully saturated rings. The topological polar surface area (TPSA) is 164 Å². The molecule has 0 spiro atoms. The Labute approximate surface area is 196 Å². The Bertz CT molecular complexity index is 1070. The first-order valence-corrected chi connectivity index (χ1v) is 10.7. The number of barbiturate groups is 1. The predicted octanol–water partition coefficient (Wildman–Crippen LogP) is 3.10. The molecule has 34 heavy (non-hydrogen) atoms. The van der Waals surface area contributed by atoms with Crippen LogP contribution in [-0.4, -0.2) is 32.8 Å². The molecule has 11 nitrogen and oxygen atoms in total. The Hall–Kier alpha value is -4.54. The highest BCUT2D eigenvalue weighted by Gasteiger charge is 2.47. The maximum Gasteiger partial charge on any atom is 0.328 e. The van der Waals surface area contributed by atoms with Gasteiger partial charge in [0, 0.05) is 11.4 Å². The first kappa shape index (κ1) is 24.1. The lowest BCUT2D eigenvalue weighted by molar-refractivity contribution is -0.144. The van der Waals surface area contributed by atoms with E-state index in [9.17, 15) is 14.4 Å². The summed E-state index contributed by atoms with van der Waals surface area (Å²) in [5.41, 5.74) is 6.43. The molecule has 1 aliphatic rings. The number of hydrogen-bond acceptors (Lipinski definition) is 9. The summed E-state index contributed by atoms with van der Waals surface area (Å²) in [6.45, 7) is 3.50. The van der Waals surface area contributed by atoms with Crippen LogP contribution in [0.3, 0.4) is 0 Å². The van der Waals surface area contributed by atoms with Crippen LogP contribution in [0.15, 0.2) is 60.7 Å². The molecule has 0 atom stereocenters. The molecule has 0 unspecified atom stereocenters. The zero-order valence-electron chi connectivity index (χ0n) is 18.8. The number of carbonyl (C=O) groups is 3. The summed E-state index contributed by atoms with van der Waals surface area (Å²) in [6.07, 6.45) is 0.795. The van der Waals surface area contributed by atoms with E-state index in [1.54, 1.807) is 13.8 Å². The van der Waals surface area contributed by atoms with Gasteiger partial charge in [-0.2, -0.15) is 15.0 Å². The Morgan fingerprint density at radius 2 is 1.15 bits per heavy atom. The summed E-state index contributed by atoms with van der Waals surface area (Å²) in [5, 5.41) is 10.4. The number of benzene rings is 2. The van der Waals surface area contributed by atoms with Crippen molar-refractivity contribution in [2.24, 2.45) is 5.41 Å². The van der Waals surface area contributed by atoms with Crippen molar-refractivity contribution in [2.45, 2.75) is 26.7 Å². The molecule has 4 rings (SSSR count). The minimum atomic E-state index is -1.06. The smallest absolute Gasteiger partial charge is 0.328 e. The number of amides is 4. The van der Waals surface area contributed by atoms with Crippen LogP contribution < -0.4 is 27.0 Å². The van der Waals surface area contributed by atoms with Crippen molar-refractivity contribution in [3.8, 4) is 0 Å². The first-order valence-electron chi connectivity index (χ1n) is 10.7. The summed E-state index contributed by atoms with van der Waals surface area (Å²) in [7, 11) is 0. The minimum Gasteiger partial charge on any atom is -0.368 e. The molecule has 1 aliphatic heterocycles. The van der Waals surface area contributed by atoms with Gasteiger partial charge in [0.25, 0.3) is 0 Å². The number of rotatable bonds is 6. The van der Waals surface area contributed by atoms with Gasteiger partial charge in [0.2, 0.25) is 29.7 Å². The highest BCUT2D eigenvalue weighted by atomic mass is 16.2. The first-order chi connectivity index (χ1) is 16.4. The van der Waals surface area contributed by atoms with Gasteiger partial charge in [-0.15, -0.1) is 0 Å². The fourth-order valence-electron chi connectivity index (χ4n) is 3.28. The highest BCUT2D eigenvalue weighted by molar-refractivity contribution is 6.19. The van der Waals surface area contributed by atoms with E-state index in [0.29, 0.717) is 24.7 Å². The van der Waals surface area contributed by atoms with Crippen LogP contribution >= 0.6 is 0 Å². The van der Waals surface area contributed by atoms with E-state index in [1.807, 2.05) is 60.7 Å². The monoisotopic (exact) mass is 462 g/mol. The molecule has 1 aromatic heterocycles. The van der Waals surface area contributed by atoms with Gasteiger partial charge >= 0.3 is 6.03 Å². The van der Waals surface area contributed by atoms with Crippen molar-refractivity contribution in [3.63, 3.8) is 0 Å².